The van der Waals surface area contributed by atoms with E-state index in [-0.39, 0.29) is 79.2 Å². The first-order chi connectivity index (χ1) is 17.7. The first kappa shape index (κ1) is 39.5. The van der Waals surface area contributed by atoms with Gasteiger partial charge in [0, 0.05) is 57.2 Å². The first-order valence-electron chi connectivity index (χ1n) is 11.2. The standard InChI is InChI=1S/C10H11NO2.C9H9NO4.C4H9N.C4H8O.Ac/c1-2-7-11-10(13)8-5-3-4-6-9(8)12;11-7-4-2-1-3-6(7)9(14)10-5-8(12)13;2*1-2-3-4-5;/h2-6,12H,1,7H2,(H,11,13);1-4,11H,5H2,(H,10,14)(H,12,13);2H,1,3-5H2;2,5H,1,3-4H2;. The van der Waals surface area contributed by atoms with Gasteiger partial charge in [-0.2, -0.15) is 0 Å². The number of para-hydroxylation sites is 2. The largest absolute Gasteiger partial charge is 0.507 e. The van der Waals surface area contributed by atoms with Crippen LogP contribution in [0.25, 0.3) is 0 Å². The second-order valence-electron chi connectivity index (χ2n) is 6.78. The fraction of sp³-hybridized carbons (Fsp3) is 0.222. The first-order valence-corrected chi connectivity index (χ1v) is 11.2. The molecule has 0 bridgehead atoms. The van der Waals surface area contributed by atoms with Gasteiger partial charge in [0.1, 0.15) is 18.0 Å². The summed E-state index contributed by atoms with van der Waals surface area (Å²) in [5, 5.41) is 39.5. The second kappa shape index (κ2) is 27.1. The Hall–Kier alpha value is -2.97. The van der Waals surface area contributed by atoms with Gasteiger partial charge < -0.3 is 36.8 Å². The van der Waals surface area contributed by atoms with Crippen LogP contribution in [0.4, 0.5) is 0 Å². The molecule has 0 aliphatic rings. The van der Waals surface area contributed by atoms with E-state index in [0.717, 1.165) is 13.0 Å². The molecule has 2 aromatic carbocycles. The number of carboxylic acids is 1. The van der Waals surface area contributed by atoms with Gasteiger partial charge in [0.15, 0.2) is 0 Å². The van der Waals surface area contributed by atoms with Crippen LogP contribution in [0.15, 0.2) is 86.5 Å². The van der Waals surface area contributed by atoms with E-state index in [4.69, 9.17) is 15.9 Å². The van der Waals surface area contributed by atoms with E-state index in [1.165, 1.54) is 18.2 Å². The molecule has 0 unspecified atom stereocenters. The fourth-order valence-corrected chi connectivity index (χ4v) is 2.05. The van der Waals surface area contributed by atoms with Gasteiger partial charge in [-0.15, -0.1) is 19.7 Å². The number of amides is 2. The van der Waals surface area contributed by atoms with Gasteiger partial charge in [-0.25, -0.2) is 0 Å². The van der Waals surface area contributed by atoms with Gasteiger partial charge in [-0.05, 0) is 43.7 Å². The smallest absolute Gasteiger partial charge is 0.322 e. The van der Waals surface area contributed by atoms with Crippen LogP contribution in [0, 0.1) is 44.1 Å². The van der Waals surface area contributed by atoms with Crippen molar-refractivity contribution in [2.75, 3.05) is 26.2 Å². The molecule has 0 heterocycles. The Morgan fingerprint density at radius 2 is 1.24 bits per heavy atom. The molecule has 2 rings (SSSR count). The predicted molar refractivity (Wildman–Crippen MR) is 144 cm³/mol. The Balaban J connectivity index is -0.000000471. The number of carboxylic acid groups (broad SMARTS) is 1. The molecule has 0 aromatic heterocycles. The van der Waals surface area contributed by atoms with E-state index >= 15 is 0 Å². The summed E-state index contributed by atoms with van der Waals surface area (Å²) in [6, 6.07) is 12.3. The molecule has 205 valence electrons. The van der Waals surface area contributed by atoms with Crippen molar-refractivity contribution < 1.29 is 78.9 Å². The van der Waals surface area contributed by atoms with Crippen molar-refractivity contribution in [2.45, 2.75) is 12.8 Å². The van der Waals surface area contributed by atoms with E-state index in [1.54, 1.807) is 48.6 Å². The number of aromatic hydroxyl groups is 2. The van der Waals surface area contributed by atoms with Crippen molar-refractivity contribution in [1.29, 1.82) is 0 Å². The molecule has 0 fully saturated rings. The summed E-state index contributed by atoms with van der Waals surface area (Å²) in [6.45, 7) is 11.2. The monoisotopic (exact) mass is 742 g/mol. The number of nitrogens with two attached hydrogens (primary N) is 1. The van der Waals surface area contributed by atoms with E-state index in [9.17, 15) is 24.6 Å². The second-order valence-corrected chi connectivity index (χ2v) is 6.78. The third-order valence-electron chi connectivity index (χ3n) is 3.81. The topological polar surface area (TPSA) is 182 Å². The predicted octanol–water partition coefficient (Wildman–Crippen LogP) is 2.59. The summed E-state index contributed by atoms with van der Waals surface area (Å²) < 4.78 is 0. The number of hydrogen-bond donors (Lipinski definition) is 7. The van der Waals surface area contributed by atoms with Gasteiger partial charge in [0.2, 0.25) is 0 Å². The molecule has 2 amide bonds. The van der Waals surface area contributed by atoms with Crippen molar-refractivity contribution in [3.8, 4) is 11.5 Å². The zero-order chi connectivity index (χ0) is 28.5. The van der Waals surface area contributed by atoms with Crippen LogP contribution in [0.1, 0.15) is 33.6 Å². The van der Waals surface area contributed by atoms with Gasteiger partial charge in [-0.3, -0.25) is 14.4 Å². The minimum absolute atomic E-state index is 0. The molecule has 0 aliphatic heterocycles. The Morgan fingerprint density at radius 3 is 1.53 bits per heavy atom. The summed E-state index contributed by atoms with van der Waals surface area (Å²) in [4.78, 5) is 32.7. The SMILES string of the molecule is C=CCCN.C=CCCO.C=CCNC(=O)c1ccccc1O.O=C(O)CNC(=O)c1ccccc1O.[Ac]. The number of aliphatic hydroxyl groups is 1. The fourth-order valence-electron chi connectivity index (χ4n) is 2.05. The molecule has 11 heteroatoms. The number of phenols is 2. The van der Waals surface area contributed by atoms with Crippen LogP contribution < -0.4 is 16.4 Å². The molecule has 0 atom stereocenters. The molecule has 1 radical (unpaired) electrons. The quantitative estimate of drug-likeness (QED) is 0.182. The van der Waals surface area contributed by atoms with Crippen molar-refractivity contribution in [2.24, 2.45) is 5.73 Å². The average Bonchev–Trinajstić information content (AvgIpc) is 2.88. The Kier molecular flexibility index (Phi) is 28.2. The Labute approximate surface area is 259 Å². The third kappa shape index (κ3) is 21.1. The molecule has 10 nitrogen and oxygen atoms in total. The van der Waals surface area contributed by atoms with Crippen LogP contribution in [-0.2, 0) is 4.79 Å². The Bertz CT molecular complexity index is 975. The molecule has 2 aromatic rings. The van der Waals surface area contributed by atoms with Crippen LogP contribution in [0.3, 0.4) is 0 Å². The third-order valence-corrected chi connectivity index (χ3v) is 3.81. The number of rotatable bonds is 10. The van der Waals surface area contributed by atoms with Crippen LogP contribution in [-0.4, -0.2) is 64.5 Å². The van der Waals surface area contributed by atoms with Gasteiger partial charge in [-0.1, -0.05) is 42.5 Å². The van der Waals surface area contributed by atoms with Crippen molar-refractivity contribution >= 4 is 17.8 Å². The molecular weight excluding hydrogens is 705 g/mol. The maximum absolute atomic E-state index is 11.3. The van der Waals surface area contributed by atoms with Crippen molar-refractivity contribution in [3.05, 3.63) is 97.6 Å². The normalized spacial score (nSPS) is 8.58. The summed E-state index contributed by atoms with van der Waals surface area (Å²) in [5.74, 6) is -2.21. The zero-order valence-electron chi connectivity index (χ0n) is 21.4. The molecule has 8 N–H and O–H groups in total. The molecule has 0 spiro atoms. The molecule has 0 aliphatic carbocycles. The van der Waals surface area contributed by atoms with Crippen LogP contribution in [0.5, 0.6) is 11.5 Å². The minimum atomic E-state index is -1.13. The summed E-state index contributed by atoms with van der Waals surface area (Å²) in [5.41, 5.74) is 5.41. The number of aliphatic hydroxyl groups excluding tert-OH is 1. The maximum Gasteiger partial charge on any atom is 0.322 e. The van der Waals surface area contributed by atoms with E-state index in [0.29, 0.717) is 13.0 Å². The number of phenolic OH excluding ortho intramolecular Hbond substituents is 2. The van der Waals surface area contributed by atoms with E-state index in [2.05, 4.69) is 30.4 Å². The summed E-state index contributed by atoms with van der Waals surface area (Å²) in [6.07, 6.45) is 6.71. The van der Waals surface area contributed by atoms with Gasteiger partial charge in [0.25, 0.3) is 11.8 Å². The molecular formula is C27H37AcN3O7. The summed E-state index contributed by atoms with van der Waals surface area (Å²) in [7, 11) is 0. The van der Waals surface area contributed by atoms with E-state index < -0.39 is 18.4 Å². The number of carbonyl (C=O) groups excluding carboxylic acids is 2. The number of carbonyl (C=O) groups is 3. The number of benzene rings is 2. The molecule has 0 saturated carbocycles. The number of hydrogen-bond acceptors (Lipinski definition) is 7. The van der Waals surface area contributed by atoms with Crippen molar-refractivity contribution in [1.82, 2.24) is 10.6 Å². The molecule has 0 saturated heterocycles. The van der Waals surface area contributed by atoms with Gasteiger partial charge >= 0.3 is 5.97 Å². The van der Waals surface area contributed by atoms with Crippen LogP contribution in [0.2, 0.25) is 0 Å². The van der Waals surface area contributed by atoms with Crippen molar-refractivity contribution in [3.63, 3.8) is 0 Å². The zero-order valence-corrected chi connectivity index (χ0v) is 26.1. The Morgan fingerprint density at radius 1 is 0.789 bits per heavy atom. The maximum atomic E-state index is 11.3. The number of aliphatic carboxylic acids is 1. The minimum Gasteiger partial charge on any atom is -0.507 e. The van der Waals surface area contributed by atoms with E-state index in [1.807, 2.05) is 0 Å². The molecule has 38 heavy (non-hydrogen) atoms. The van der Waals surface area contributed by atoms with Gasteiger partial charge in [0.05, 0.1) is 11.1 Å². The average molecular weight is 743 g/mol. The summed E-state index contributed by atoms with van der Waals surface area (Å²) >= 11 is 0. The van der Waals surface area contributed by atoms with Crippen LogP contribution >= 0.6 is 0 Å². The number of nitrogens with one attached hydrogen (secondary N) is 2.